The first-order valence-corrected chi connectivity index (χ1v) is 9.01. The van der Waals surface area contributed by atoms with E-state index in [-0.39, 0.29) is 0 Å². The first-order chi connectivity index (χ1) is 11.7. The van der Waals surface area contributed by atoms with Gasteiger partial charge in [0.15, 0.2) is 5.96 Å². The van der Waals surface area contributed by atoms with Gasteiger partial charge in [-0.3, -0.25) is 4.99 Å². The molecule has 0 aliphatic rings. The first-order valence-electron chi connectivity index (χ1n) is 9.01. The van der Waals surface area contributed by atoms with Gasteiger partial charge < -0.3 is 20.5 Å². The van der Waals surface area contributed by atoms with Crippen molar-refractivity contribution in [3.8, 4) is 0 Å². The molecule has 136 valence electrons. The number of nitrogens with one attached hydrogen (secondary N) is 2. The molecule has 1 atom stereocenters. The van der Waals surface area contributed by atoms with Gasteiger partial charge in [-0.1, -0.05) is 43.2 Å². The maximum atomic E-state index is 10.2. The summed E-state index contributed by atoms with van der Waals surface area (Å²) >= 11 is 0. The number of rotatable bonds is 11. The van der Waals surface area contributed by atoms with Gasteiger partial charge >= 0.3 is 0 Å². The van der Waals surface area contributed by atoms with E-state index < -0.39 is 6.10 Å². The van der Waals surface area contributed by atoms with Crippen molar-refractivity contribution in [1.82, 2.24) is 10.6 Å². The van der Waals surface area contributed by atoms with Gasteiger partial charge in [-0.05, 0) is 32.3 Å². The zero-order chi connectivity index (χ0) is 17.6. The maximum absolute atomic E-state index is 10.2. The highest BCUT2D eigenvalue weighted by Crippen LogP contribution is 2.13. The number of hydrogen-bond donors (Lipinski definition) is 3. The molecule has 5 heteroatoms. The topological polar surface area (TPSA) is 65.9 Å². The van der Waals surface area contributed by atoms with Gasteiger partial charge in [-0.25, -0.2) is 0 Å². The Morgan fingerprint density at radius 1 is 1.12 bits per heavy atom. The number of nitrogens with zero attached hydrogens (tertiary/aromatic N) is 1. The summed E-state index contributed by atoms with van der Waals surface area (Å²) in [5.41, 5.74) is 2.08. The van der Waals surface area contributed by atoms with Crippen LogP contribution in [-0.2, 0) is 4.74 Å². The van der Waals surface area contributed by atoms with E-state index in [1.807, 2.05) is 38.1 Å². The van der Waals surface area contributed by atoms with E-state index in [0.717, 1.165) is 50.7 Å². The van der Waals surface area contributed by atoms with Crippen molar-refractivity contribution in [2.75, 3.05) is 32.8 Å². The fourth-order valence-electron chi connectivity index (χ4n) is 2.14. The van der Waals surface area contributed by atoms with E-state index in [4.69, 9.17) is 4.74 Å². The smallest absolute Gasteiger partial charge is 0.191 e. The molecule has 0 aliphatic carbocycles. The number of benzene rings is 1. The normalized spacial score (nSPS) is 12.9. The lowest BCUT2D eigenvalue weighted by molar-refractivity contribution is 0.129. The number of ether oxygens (including phenoxy) is 1. The number of aliphatic imine (C=N–C) groups is 1. The van der Waals surface area contributed by atoms with E-state index in [0.29, 0.717) is 6.54 Å². The highest BCUT2D eigenvalue weighted by molar-refractivity contribution is 5.79. The quantitative estimate of drug-likeness (QED) is 0.330. The lowest BCUT2D eigenvalue weighted by Crippen LogP contribution is -2.38. The van der Waals surface area contributed by atoms with Crippen LogP contribution in [-0.4, -0.2) is 43.9 Å². The fourth-order valence-corrected chi connectivity index (χ4v) is 2.14. The highest BCUT2D eigenvalue weighted by atomic mass is 16.5. The van der Waals surface area contributed by atoms with Crippen molar-refractivity contribution in [2.24, 2.45) is 4.99 Å². The van der Waals surface area contributed by atoms with Crippen LogP contribution in [0.5, 0.6) is 0 Å². The van der Waals surface area contributed by atoms with E-state index in [1.54, 1.807) is 0 Å². The number of aliphatic hydroxyl groups is 1. The van der Waals surface area contributed by atoms with Crippen LogP contribution in [0.25, 0.3) is 0 Å². The molecule has 0 heterocycles. The minimum absolute atomic E-state index is 0.339. The summed E-state index contributed by atoms with van der Waals surface area (Å²) < 4.78 is 5.54. The molecule has 0 aliphatic heterocycles. The molecule has 3 N–H and O–H groups in total. The lowest BCUT2D eigenvalue weighted by Gasteiger charge is -2.13. The molecule has 1 unspecified atom stereocenters. The van der Waals surface area contributed by atoms with Crippen LogP contribution in [0.4, 0.5) is 0 Å². The van der Waals surface area contributed by atoms with Crippen LogP contribution in [0.1, 0.15) is 50.3 Å². The molecule has 0 saturated heterocycles. The minimum atomic E-state index is -0.585. The van der Waals surface area contributed by atoms with E-state index in [1.165, 1.54) is 12.0 Å². The Hall–Kier alpha value is -1.59. The second-order valence-electron chi connectivity index (χ2n) is 5.89. The summed E-state index contributed by atoms with van der Waals surface area (Å²) in [6.07, 6.45) is 2.64. The van der Waals surface area contributed by atoms with Crippen molar-refractivity contribution in [3.63, 3.8) is 0 Å². The zero-order valence-electron chi connectivity index (χ0n) is 15.3. The molecule has 1 aromatic rings. The van der Waals surface area contributed by atoms with Crippen LogP contribution in [0.3, 0.4) is 0 Å². The molecular formula is C19H33N3O2. The van der Waals surface area contributed by atoms with Crippen LogP contribution in [0.15, 0.2) is 29.3 Å². The molecule has 5 nitrogen and oxygen atoms in total. The standard InChI is InChI=1S/C19H33N3O2/c1-4-6-13-24-14-7-12-21-19(20-5-2)22-15-18(23)17-10-8-16(3)9-11-17/h8-11,18,23H,4-7,12-15H2,1-3H3,(H2,20,21,22). The highest BCUT2D eigenvalue weighted by Gasteiger charge is 2.07. The minimum Gasteiger partial charge on any atom is -0.386 e. The molecule has 1 aromatic carbocycles. The average molecular weight is 335 g/mol. The van der Waals surface area contributed by atoms with Crippen molar-refractivity contribution in [2.45, 2.75) is 46.1 Å². The molecular weight excluding hydrogens is 302 g/mol. The Labute approximate surface area is 146 Å². The van der Waals surface area contributed by atoms with E-state index >= 15 is 0 Å². The van der Waals surface area contributed by atoms with E-state index in [2.05, 4.69) is 22.5 Å². The summed E-state index contributed by atoms with van der Waals surface area (Å²) in [5, 5.41) is 16.7. The molecule has 0 fully saturated rings. The Morgan fingerprint density at radius 2 is 1.83 bits per heavy atom. The Balaban J connectivity index is 2.34. The van der Waals surface area contributed by atoms with Gasteiger partial charge in [0.25, 0.3) is 0 Å². The Bertz CT molecular complexity index is 460. The van der Waals surface area contributed by atoms with Crippen LogP contribution >= 0.6 is 0 Å². The average Bonchev–Trinajstić information content (AvgIpc) is 2.59. The molecule has 0 aromatic heterocycles. The third-order valence-electron chi connectivity index (χ3n) is 3.63. The van der Waals surface area contributed by atoms with Gasteiger partial charge in [-0.2, -0.15) is 0 Å². The molecule has 1 rings (SSSR count). The van der Waals surface area contributed by atoms with Crippen LogP contribution < -0.4 is 10.6 Å². The summed E-state index contributed by atoms with van der Waals surface area (Å²) in [7, 11) is 0. The fraction of sp³-hybridized carbons (Fsp3) is 0.632. The zero-order valence-corrected chi connectivity index (χ0v) is 15.3. The monoisotopic (exact) mass is 335 g/mol. The molecule has 0 radical (unpaired) electrons. The lowest BCUT2D eigenvalue weighted by atomic mass is 10.1. The molecule has 0 bridgehead atoms. The summed E-state index contributed by atoms with van der Waals surface area (Å²) in [5.74, 6) is 0.734. The number of unbranched alkanes of at least 4 members (excludes halogenated alkanes) is 1. The molecule has 0 spiro atoms. The van der Waals surface area contributed by atoms with E-state index in [9.17, 15) is 5.11 Å². The van der Waals surface area contributed by atoms with Gasteiger partial charge in [0.2, 0.25) is 0 Å². The molecule has 0 amide bonds. The largest absolute Gasteiger partial charge is 0.386 e. The van der Waals surface area contributed by atoms with Crippen molar-refractivity contribution < 1.29 is 9.84 Å². The molecule has 24 heavy (non-hydrogen) atoms. The van der Waals surface area contributed by atoms with Crippen molar-refractivity contribution in [3.05, 3.63) is 35.4 Å². The number of aryl methyl sites for hydroxylation is 1. The van der Waals surface area contributed by atoms with Crippen molar-refractivity contribution >= 4 is 5.96 Å². The number of hydrogen-bond acceptors (Lipinski definition) is 3. The summed E-state index contributed by atoms with van der Waals surface area (Å²) in [6.45, 7) is 9.76. The van der Waals surface area contributed by atoms with Gasteiger partial charge in [0.05, 0.1) is 12.6 Å². The van der Waals surface area contributed by atoms with Crippen LogP contribution in [0, 0.1) is 6.92 Å². The van der Waals surface area contributed by atoms with Crippen molar-refractivity contribution in [1.29, 1.82) is 0 Å². The Kier molecular flexibility index (Phi) is 10.9. The number of aliphatic hydroxyl groups excluding tert-OH is 1. The summed E-state index contributed by atoms with van der Waals surface area (Å²) in [4.78, 5) is 4.46. The second-order valence-corrected chi connectivity index (χ2v) is 5.89. The predicted molar refractivity (Wildman–Crippen MR) is 100 cm³/mol. The van der Waals surface area contributed by atoms with Gasteiger partial charge in [0.1, 0.15) is 0 Å². The van der Waals surface area contributed by atoms with Gasteiger partial charge in [-0.15, -0.1) is 0 Å². The maximum Gasteiger partial charge on any atom is 0.191 e. The number of guanidine groups is 1. The van der Waals surface area contributed by atoms with Crippen LogP contribution in [0.2, 0.25) is 0 Å². The summed E-state index contributed by atoms with van der Waals surface area (Å²) in [6, 6.07) is 7.90. The third-order valence-corrected chi connectivity index (χ3v) is 3.63. The molecule has 0 saturated carbocycles. The predicted octanol–water partition coefficient (Wildman–Crippen LogP) is 2.79. The second kappa shape index (κ2) is 12.8. The third kappa shape index (κ3) is 8.89. The SMILES string of the molecule is CCCCOCCCNC(=NCC(O)c1ccc(C)cc1)NCC. The van der Waals surface area contributed by atoms with Gasteiger partial charge in [0, 0.05) is 26.3 Å². The first kappa shape index (κ1) is 20.5. The Morgan fingerprint density at radius 3 is 2.50 bits per heavy atom.